The fourth-order valence-corrected chi connectivity index (χ4v) is 4.02. The molecular weight excluding hydrogens is 259 g/mol. The molecule has 106 valence electrons. The first-order valence-corrected chi connectivity index (χ1v) is 7.78. The van der Waals surface area contributed by atoms with E-state index in [1.165, 1.54) is 0 Å². The van der Waals surface area contributed by atoms with Gasteiger partial charge in [0, 0.05) is 35.3 Å². The number of nitrogens with two attached hydrogens (primary N) is 1. The molecule has 0 amide bonds. The van der Waals surface area contributed by atoms with Crippen LogP contribution in [-0.4, -0.2) is 23.6 Å². The summed E-state index contributed by atoms with van der Waals surface area (Å²) in [5, 5.41) is 1.19. The minimum absolute atomic E-state index is 0.148. The molecule has 1 saturated heterocycles. The Bertz CT molecular complexity index is 452. The summed E-state index contributed by atoms with van der Waals surface area (Å²) in [5.41, 5.74) is 8.72. The molecule has 0 spiro atoms. The summed E-state index contributed by atoms with van der Waals surface area (Å²) in [6.07, 6.45) is 0. The van der Waals surface area contributed by atoms with Crippen molar-refractivity contribution in [2.45, 2.75) is 44.2 Å². The van der Waals surface area contributed by atoms with Gasteiger partial charge in [0.25, 0.3) is 0 Å². The van der Waals surface area contributed by atoms with Crippen molar-refractivity contribution in [1.82, 2.24) is 0 Å². The summed E-state index contributed by atoms with van der Waals surface area (Å²) >= 11 is 2.01. The third kappa shape index (κ3) is 3.23. The molecule has 4 heteroatoms. The molecule has 0 radical (unpaired) electrons. The van der Waals surface area contributed by atoms with Crippen LogP contribution in [-0.2, 0) is 0 Å². The van der Waals surface area contributed by atoms with Gasteiger partial charge in [-0.15, -0.1) is 0 Å². The first-order chi connectivity index (χ1) is 8.88. The topological polar surface area (TPSA) is 29.3 Å². The van der Waals surface area contributed by atoms with Crippen molar-refractivity contribution in [2.24, 2.45) is 5.73 Å². The molecule has 1 aliphatic heterocycles. The summed E-state index contributed by atoms with van der Waals surface area (Å²) in [5.74, 6) is -0.163. The van der Waals surface area contributed by atoms with Gasteiger partial charge >= 0.3 is 0 Å². The molecule has 0 aromatic heterocycles. The van der Waals surface area contributed by atoms with E-state index in [0.29, 0.717) is 16.1 Å². The Morgan fingerprint density at radius 2 is 1.89 bits per heavy atom. The predicted octanol–water partition coefficient (Wildman–Crippen LogP) is 3.48. The number of halogens is 1. The maximum atomic E-state index is 13.8. The van der Waals surface area contributed by atoms with Crippen molar-refractivity contribution in [3.8, 4) is 0 Å². The number of nitrogens with zero attached hydrogens (tertiary/aromatic N) is 1. The minimum Gasteiger partial charge on any atom is -0.369 e. The molecule has 1 aromatic carbocycles. The van der Waals surface area contributed by atoms with Gasteiger partial charge in [0.15, 0.2) is 0 Å². The average molecular weight is 282 g/mol. The van der Waals surface area contributed by atoms with Crippen molar-refractivity contribution >= 4 is 17.4 Å². The molecule has 2 N–H and O–H groups in total. The molecule has 3 atom stereocenters. The molecular formula is C15H23FN2S. The number of benzene rings is 1. The van der Waals surface area contributed by atoms with Gasteiger partial charge < -0.3 is 10.6 Å². The Hall–Kier alpha value is -0.740. The van der Waals surface area contributed by atoms with E-state index < -0.39 is 0 Å². The molecule has 1 aliphatic rings. The lowest BCUT2D eigenvalue weighted by Gasteiger charge is -2.38. The maximum Gasteiger partial charge on any atom is 0.126 e. The highest BCUT2D eigenvalue weighted by Gasteiger charge is 2.25. The van der Waals surface area contributed by atoms with Crippen LogP contribution in [0.5, 0.6) is 0 Å². The standard InChI is InChI=1S/C15H23FN2S/c1-9-5-15(13(12(4)17)6-14(9)16)18-7-10(2)19-11(3)8-18/h5-6,10-12H,7-8,17H2,1-4H3/t10?,11?,12-/m0/s1. The zero-order valence-electron chi connectivity index (χ0n) is 12.1. The molecule has 1 heterocycles. The van der Waals surface area contributed by atoms with Crippen LogP contribution in [0.4, 0.5) is 10.1 Å². The largest absolute Gasteiger partial charge is 0.369 e. The van der Waals surface area contributed by atoms with Gasteiger partial charge in [-0.05, 0) is 37.1 Å². The zero-order valence-corrected chi connectivity index (χ0v) is 12.9. The number of rotatable bonds is 2. The second-order valence-electron chi connectivity index (χ2n) is 5.61. The van der Waals surface area contributed by atoms with E-state index in [9.17, 15) is 4.39 Å². The van der Waals surface area contributed by atoms with E-state index in [4.69, 9.17) is 5.73 Å². The van der Waals surface area contributed by atoms with E-state index >= 15 is 0 Å². The van der Waals surface area contributed by atoms with Gasteiger partial charge in [-0.3, -0.25) is 0 Å². The number of thioether (sulfide) groups is 1. The van der Waals surface area contributed by atoms with Crippen LogP contribution in [0.15, 0.2) is 12.1 Å². The lowest BCUT2D eigenvalue weighted by Crippen LogP contribution is -2.41. The fourth-order valence-electron chi connectivity index (χ4n) is 2.69. The SMILES string of the molecule is Cc1cc(N2CC(C)SC(C)C2)c([C@H](C)N)cc1F. The summed E-state index contributed by atoms with van der Waals surface area (Å²) in [6.45, 7) is 10.2. The molecule has 1 aromatic rings. The number of anilines is 1. The second kappa shape index (κ2) is 5.71. The van der Waals surface area contributed by atoms with Crippen molar-refractivity contribution < 1.29 is 4.39 Å². The van der Waals surface area contributed by atoms with Crippen LogP contribution in [0.2, 0.25) is 0 Å². The smallest absolute Gasteiger partial charge is 0.126 e. The molecule has 0 aliphatic carbocycles. The normalized spacial score (nSPS) is 25.5. The van der Waals surface area contributed by atoms with Gasteiger partial charge in [0.1, 0.15) is 5.82 Å². The highest BCUT2D eigenvalue weighted by molar-refractivity contribution is 8.00. The Morgan fingerprint density at radius 3 is 2.42 bits per heavy atom. The van der Waals surface area contributed by atoms with E-state index in [-0.39, 0.29) is 11.9 Å². The number of aryl methyl sites for hydroxylation is 1. The van der Waals surface area contributed by atoms with Crippen LogP contribution >= 0.6 is 11.8 Å². The Morgan fingerprint density at radius 1 is 1.32 bits per heavy atom. The van der Waals surface area contributed by atoms with Crippen molar-refractivity contribution in [3.05, 3.63) is 29.1 Å². The zero-order chi connectivity index (χ0) is 14.2. The Balaban J connectivity index is 2.40. The molecule has 2 nitrogen and oxygen atoms in total. The molecule has 0 saturated carbocycles. The summed E-state index contributed by atoms with van der Waals surface area (Å²) in [7, 11) is 0. The van der Waals surface area contributed by atoms with Crippen molar-refractivity contribution in [2.75, 3.05) is 18.0 Å². The second-order valence-corrected chi connectivity index (χ2v) is 7.49. The van der Waals surface area contributed by atoms with Gasteiger partial charge in [-0.25, -0.2) is 4.39 Å². The van der Waals surface area contributed by atoms with E-state index in [1.807, 2.05) is 31.7 Å². The van der Waals surface area contributed by atoms with Gasteiger partial charge in [-0.1, -0.05) is 13.8 Å². The molecule has 19 heavy (non-hydrogen) atoms. The molecule has 2 unspecified atom stereocenters. The molecule has 1 fully saturated rings. The Labute approximate surface area is 119 Å². The molecule has 0 bridgehead atoms. The van der Waals surface area contributed by atoms with Crippen LogP contribution < -0.4 is 10.6 Å². The first-order valence-electron chi connectivity index (χ1n) is 6.84. The van der Waals surface area contributed by atoms with Gasteiger partial charge in [-0.2, -0.15) is 11.8 Å². The van der Waals surface area contributed by atoms with E-state index in [1.54, 1.807) is 6.07 Å². The quantitative estimate of drug-likeness (QED) is 0.900. The third-order valence-corrected chi connectivity index (χ3v) is 4.79. The van der Waals surface area contributed by atoms with Gasteiger partial charge in [0.2, 0.25) is 0 Å². The van der Waals surface area contributed by atoms with Crippen LogP contribution in [0.1, 0.15) is 37.9 Å². The van der Waals surface area contributed by atoms with Crippen molar-refractivity contribution in [3.63, 3.8) is 0 Å². The highest BCUT2D eigenvalue weighted by atomic mass is 32.2. The van der Waals surface area contributed by atoms with Crippen molar-refractivity contribution in [1.29, 1.82) is 0 Å². The minimum atomic E-state index is -0.163. The Kier molecular flexibility index (Phi) is 4.41. The van der Waals surface area contributed by atoms with E-state index in [2.05, 4.69) is 18.7 Å². The summed E-state index contributed by atoms with van der Waals surface area (Å²) in [6, 6.07) is 3.40. The average Bonchev–Trinajstić information content (AvgIpc) is 2.30. The lowest BCUT2D eigenvalue weighted by molar-refractivity contribution is 0.611. The maximum absolute atomic E-state index is 13.8. The fraction of sp³-hybridized carbons (Fsp3) is 0.600. The van der Waals surface area contributed by atoms with Crippen LogP contribution in [0.3, 0.4) is 0 Å². The van der Waals surface area contributed by atoms with Crippen LogP contribution in [0, 0.1) is 12.7 Å². The molecule has 2 rings (SSSR count). The monoisotopic (exact) mass is 282 g/mol. The lowest BCUT2D eigenvalue weighted by atomic mass is 10.0. The van der Waals surface area contributed by atoms with Gasteiger partial charge in [0.05, 0.1) is 0 Å². The van der Waals surface area contributed by atoms with E-state index in [0.717, 1.165) is 24.3 Å². The summed E-state index contributed by atoms with van der Waals surface area (Å²) < 4.78 is 13.8. The number of hydrogen-bond acceptors (Lipinski definition) is 3. The van der Waals surface area contributed by atoms with Crippen LogP contribution in [0.25, 0.3) is 0 Å². The first kappa shape index (κ1) is 14.7. The predicted molar refractivity (Wildman–Crippen MR) is 82.5 cm³/mol. The highest BCUT2D eigenvalue weighted by Crippen LogP contribution is 2.33. The number of hydrogen-bond donors (Lipinski definition) is 1. The summed E-state index contributed by atoms with van der Waals surface area (Å²) in [4.78, 5) is 2.36. The third-order valence-electron chi connectivity index (χ3n) is 3.56.